The number of carbonyl (C=O) groups is 1. The molecule has 37 heavy (non-hydrogen) atoms. The molecule has 0 radical (unpaired) electrons. The number of halogens is 1. The zero-order chi connectivity index (χ0) is 25.8. The highest BCUT2D eigenvalue weighted by Crippen LogP contribution is 2.38. The highest BCUT2D eigenvalue weighted by atomic mass is 35.5. The minimum Gasteiger partial charge on any atom is -0.381 e. The Balaban J connectivity index is 1.52. The number of nitrogens with two attached hydrogens (primary N) is 1. The number of anilines is 1. The summed E-state index contributed by atoms with van der Waals surface area (Å²) in [6.07, 6.45) is 15.0. The summed E-state index contributed by atoms with van der Waals surface area (Å²) in [5.74, 6) is 1.66. The highest BCUT2D eigenvalue weighted by molar-refractivity contribution is 7.85. The van der Waals surface area contributed by atoms with E-state index < -0.39 is 16.3 Å². The second-order valence-electron chi connectivity index (χ2n) is 10.9. The van der Waals surface area contributed by atoms with Crippen molar-refractivity contribution in [2.75, 3.05) is 43.4 Å². The van der Waals surface area contributed by atoms with Crippen LogP contribution >= 0.6 is 11.6 Å². The molecule has 1 amide bonds. The Bertz CT molecular complexity index is 1110. The van der Waals surface area contributed by atoms with Crippen molar-refractivity contribution < 1.29 is 9.00 Å². The van der Waals surface area contributed by atoms with Crippen molar-refractivity contribution in [1.82, 2.24) is 30.1 Å². The lowest BCUT2D eigenvalue weighted by Crippen LogP contribution is -2.73. The highest BCUT2D eigenvalue weighted by Gasteiger charge is 2.50. The van der Waals surface area contributed by atoms with E-state index in [1.54, 1.807) is 6.20 Å². The van der Waals surface area contributed by atoms with Crippen LogP contribution in [0.3, 0.4) is 0 Å². The molecule has 2 aliphatic heterocycles. The summed E-state index contributed by atoms with van der Waals surface area (Å²) in [5.41, 5.74) is 6.53. The maximum absolute atomic E-state index is 14.1. The molecule has 204 valence electrons. The molecule has 0 bridgehead atoms. The number of nitrogens with one attached hydrogen (secondary N) is 2. The number of nitrogen functional groups attached to an aromatic ring is 1. The van der Waals surface area contributed by atoms with Crippen molar-refractivity contribution in [2.24, 2.45) is 5.92 Å². The van der Waals surface area contributed by atoms with Gasteiger partial charge in [-0.2, -0.15) is 0 Å². The number of carbonyl (C=O) groups excluding carboxylic acids is 1. The summed E-state index contributed by atoms with van der Waals surface area (Å²) in [7, 11) is -0.751. The molecule has 3 aliphatic rings. The lowest BCUT2D eigenvalue weighted by Gasteiger charge is -2.54. The van der Waals surface area contributed by atoms with Gasteiger partial charge in [0.05, 0.1) is 16.8 Å². The molecule has 5 rings (SSSR count). The summed E-state index contributed by atoms with van der Waals surface area (Å²) < 4.78 is 13.7. The van der Waals surface area contributed by atoms with Crippen molar-refractivity contribution in [2.45, 2.75) is 75.8 Å². The number of amides is 1. The van der Waals surface area contributed by atoms with E-state index in [0.29, 0.717) is 40.2 Å². The second-order valence-corrected chi connectivity index (χ2v) is 13.0. The zero-order valence-electron chi connectivity index (χ0n) is 21.6. The molecule has 0 aromatic carbocycles. The molecular weight excluding hydrogens is 510 g/mol. The van der Waals surface area contributed by atoms with Crippen LogP contribution in [-0.2, 0) is 10.8 Å². The van der Waals surface area contributed by atoms with Gasteiger partial charge in [0.15, 0.2) is 11.5 Å². The number of fused-ring (bicyclic) bond motifs is 1. The van der Waals surface area contributed by atoms with E-state index in [2.05, 4.69) is 25.6 Å². The average Bonchev–Trinajstić information content (AvgIpc) is 3.22. The Morgan fingerprint density at radius 1 is 1.11 bits per heavy atom. The predicted molar refractivity (Wildman–Crippen MR) is 148 cm³/mol. The maximum Gasteiger partial charge on any atom is 0.259 e. The van der Waals surface area contributed by atoms with Crippen molar-refractivity contribution in [3.05, 3.63) is 23.0 Å². The minimum atomic E-state index is -0.751. The monoisotopic (exact) mass is 549 g/mol. The van der Waals surface area contributed by atoms with Gasteiger partial charge in [-0.1, -0.05) is 56.5 Å². The van der Waals surface area contributed by atoms with Gasteiger partial charge >= 0.3 is 0 Å². The van der Waals surface area contributed by atoms with Gasteiger partial charge in [-0.05, 0) is 31.7 Å². The fourth-order valence-corrected chi connectivity index (χ4v) is 7.99. The first-order valence-corrected chi connectivity index (χ1v) is 15.8. The van der Waals surface area contributed by atoms with E-state index in [-0.39, 0.29) is 17.8 Å². The number of hydrogen-bond acceptors (Lipinski definition) is 7. The molecule has 9 nitrogen and oxygen atoms in total. The molecule has 2 aromatic rings. The Kier molecular flexibility index (Phi) is 8.68. The normalized spacial score (nSPS) is 27.8. The van der Waals surface area contributed by atoms with Gasteiger partial charge in [-0.3, -0.25) is 13.9 Å². The van der Waals surface area contributed by atoms with Crippen molar-refractivity contribution in [3.8, 4) is 0 Å². The Hall–Kier alpha value is -1.75. The number of hydrogen-bond donors (Lipinski definition) is 3. The fourth-order valence-electron chi connectivity index (χ4n) is 6.77. The third kappa shape index (κ3) is 5.82. The van der Waals surface area contributed by atoms with Crippen molar-refractivity contribution >= 4 is 39.8 Å². The maximum atomic E-state index is 14.1. The first-order valence-electron chi connectivity index (χ1n) is 13.9. The second kappa shape index (κ2) is 12.0. The smallest absolute Gasteiger partial charge is 0.259 e. The van der Waals surface area contributed by atoms with Crippen LogP contribution in [0.1, 0.15) is 74.6 Å². The zero-order valence-corrected chi connectivity index (χ0v) is 23.2. The number of aromatic nitrogens is 3. The van der Waals surface area contributed by atoms with Crippen LogP contribution in [-0.4, -0.2) is 78.9 Å². The quantitative estimate of drug-likeness (QED) is 0.536. The predicted octanol–water partition coefficient (Wildman–Crippen LogP) is 3.00. The summed E-state index contributed by atoms with van der Waals surface area (Å²) in [5, 5.41) is 12.0. The Labute approximate surface area is 226 Å². The lowest BCUT2D eigenvalue weighted by molar-refractivity contribution is 0.0225. The van der Waals surface area contributed by atoms with Crippen LogP contribution in [0.2, 0.25) is 5.02 Å². The van der Waals surface area contributed by atoms with Crippen LogP contribution in [0.5, 0.6) is 0 Å². The van der Waals surface area contributed by atoms with Crippen LogP contribution in [0, 0.1) is 5.92 Å². The summed E-state index contributed by atoms with van der Waals surface area (Å²) in [6.45, 7) is 3.24. The number of rotatable bonds is 4. The van der Waals surface area contributed by atoms with Crippen molar-refractivity contribution in [3.63, 3.8) is 0 Å². The average molecular weight is 550 g/mol. The molecule has 11 heteroatoms. The third-order valence-electron chi connectivity index (χ3n) is 8.63. The molecule has 2 atom stereocenters. The largest absolute Gasteiger partial charge is 0.381 e. The van der Waals surface area contributed by atoms with Crippen molar-refractivity contribution in [1.29, 1.82) is 0 Å². The fraction of sp³-hybridized carbons (Fsp3) is 0.731. The molecule has 4 heterocycles. The molecule has 0 spiro atoms. The molecule has 1 saturated carbocycles. The lowest BCUT2D eigenvalue weighted by atomic mass is 9.69. The Morgan fingerprint density at radius 3 is 2.49 bits per heavy atom. The summed E-state index contributed by atoms with van der Waals surface area (Å²) in [4.78, 5) is 21.0. The number of nitrogens with zero attached hydrogens (tertiary/aromatic N) is 4. The van der Waals surface area contributed by atoms with Crippen LogP contribution < -0.4 is 16.4 Å². The van der Waals surface area contributed by atoms with E-state index >= 15 is 0 Å². The third-order valence-corrected chi connectivity index (χ3v) is 10.1. The van der Waals surface area contributed by atoms with Crippen LogP contribution in [0.25, 0.3) is 5.65 Å². The van der Waals surface area contributed by atoms with Gasteiger partial charge in [0, 0.05) is 54.2 Å². The van der Waals surface area contributed by atoms with Gasteiger partial charge in [-0.15, -0.1) is 5.10 Å². The standard InChI is InChI=1S/C26H40ClN7O2S/c27-20-16-30-24-22(23(28)32-34(24)17-20)25(35)31-26(19-8-6-4-2-1-3-5-7-9-19)18-29-11-10-21(26)33-12-14-37(36)15-13-33/h16-17,19,21,29H,1-15,18H2,(H2,28,32)(H,31,35). The van der Waals surface area contributed by atoms with E-state index in [1.807, 2.05) is 0 Å². The first kappa shape index (κ1) is 26.8. The number of piperidine rings is 1. The topological polar surface area (TPSA) is 118 Å². The molecular formula is C26H40ClN7O2S. The summed E-state index contributed by atoms with van der Waals surface area (Å²) in [6, 6.07) is 0.174. The van der Waals surface area contributed by atoms with Gasteiger partial charge in [0.1, 0.15) is 5.56 Å². The SMILES string of the molecule is Nc1nn2cc(Cl)cnc2c1C(=O)NC1(C2CCCCCCCCC2)CNCCC1N1CCS(=O)CC1. The van der Waals surface area contributed by atoms with Gasteiger partial charge in [0.25, 0.3) is 5.91 Å². The first-order chi connectivity index (χ1) is 18.0. The molecule has 2 aromatic heterocycles. The van der Waals surface area contributed by atoms with Gasteiger partial charge < -0.3 is 16.4 Å². The summed E-state index contributed by atoms with van der Waals surface area (Å²) >= 11 is 6.11. The molecule has 2 saturated heterocycles. The van der Waals surface area contributed by atoms with Crippen LogP contribution in [0.15, 0.2) is 12.4 Å². The van der Waals surface area contributed by atoms with Crippen LogP contribution in [0.4, 0.5) is 5.82 Å². The molecule has 3 fully saturated rings. The van der Waals surface area contributed by atoms with Gasteiger partial charge in [-0.25, -0.2) is 9.50 Å². The van der Waals surface area contributed by atoms with E-state index in [0.717, 1.165) is 38.9 Å². The molecule has 4 N–H and O–H groups in total. The molecule has 1 aliphatic carbocycles. The van der Waals surface area contributed by atoms with E-state index in [1.165, 1.54) is 55.7 Å². The van der Waals surface area contributed by atoms with Gasteiger partial charge in [0.2, 0.25) is 0 Å². The Morgan fingerprint density at radius 2 is 1.78 bits per heavy atom. The minimum absolute atomic E-state index is 0.155. The van der Waals surface area contributed by atoms with E-state index in [4.69, 9.17) is 17.3 Å². The van der Waals surface area contributed by atoms with E-state index in [9.17, 15) is 9.00 Å². The molecule has 2 unspecified atom stereocenters.